The topological polar surface area (TPSA) is 124 Å². The van der Waals surface area contributed by atoms with Gasteiger partial charge >= 0.3 is 23.9 Å². The normalized spacial score (nSPS) is 14.5. The molecule has 0 atom stereocenters. The maximum Gasteiger partial charge on any atom is 0.390 e. The summed E-state index contributed by atoms with van der Waals surface area (Å²) in [7, 11) is 0. The number of rotatable bonds is 31. The van der Waals surface area contributed by atoms with Crippen LogP contribution >= 0.6 is 0 Å². The lowest BCUT2D eigenvalue weighted by atomic mass is 9.87. The van der Waals surface area contributed by atoms with Crippen LogP contribution in [0.5, 0.6) is 17.2 Å². The van der Waals surface area contributed by atoms with E-state index < -0.39 is 5.97 Å². The predicted molar refractivity (Wildman–Crippen MR) is 234 cm³/mol. The molecule has 328 valence electrons. The molecule has 0 amide bonds. The van der Waals surface area contributed by atoms with Crippen LogP contribution in [0.3, 0.4) is 0 Å². The van der Waals surface area contributed by atoms with Crippen LogP contribution in [0, 0.1) is 17.8 Å². The SMILES string of the molecule is C=CC(=O)OCCCCCCCCCCCOc1ccc(C#CC(=O)Oc2ccc(OC(=O)[C@H]3CC[C@H](OCCCCCCCCCCCOC(=O)C=C)CC3)cc2)cc1. The first-order valence-electron chi connectivity index (χ1n) is 22.3. The molecule has 0 bridgehead atoms. The molecular formula is C50H68O10. The Morgan fingerprint density at radius 1 is 0.517 bits per heavy atom. The average molecular weight is 829 g/mol. The molecule has 0 heterocycles. The maximum absolute atomic E-state index is 12.8. The monoisotopic (exact) mass is 828 g/mol. The zero-order chi connectivity index (χ0) is 42.9. The van der Waals surface area contributed by atoms with Crippen molar-refractivity contribution >= 4 is 23.9 Å². The largest absolute Gasteiger partial charge is 0.494 e. The summed E-state index contributed by atoms with van der Waals surface area (Å²) in [6.07, 6.45) is 26.2. The minimum atomic E-state index is -0.684. The Hall–Kier alpha value is -4.88. The van der Waals surface area contributed by atoms with E-state index in [2.05, 4.69) is 25.0 Å². The Morgan fingerprint density at radius 3 is 1.42 bits per heavy atom. The van der Waals surface area contributed by atoms with Crippen LogP contribution < -0.4 is 14.2 Å². The summed E-state index contributed by atoms with van der Waals surface area (Å²) < 4.78 is 32.9. The third-order valence-corrected chi connectivity index (χ3v) is 10.4. The number of esters is 4. The molecule has 0 N–H and O–H groups in total. The van der Waals surface area contributed by atoms with Crippen LogP contribution in [-0.2, 0) is 33.4 Å². The molecule has 1 saturated carbocycles. The highest BCUT2D eigenvalue weighted by molar-refractivity contribution is 5.90. The van der Waals surface area contributed by atoms with Gasteiger partial charge in [-0.1, -0.05) is 109 Å². The van der Waals surface area contributed by atoms with Crippen molar-refractivity contribution in [1.29, 1.82) is 0 Å². The number of hydrogen-bond donors (Lipinski definition) is 0. The molecule has 0 unspecified atom stereocenters. The lowest BCUT2D eigenvalue weighted by Crippen LogP contribution is -2.29. The molecule has 10 nitrogen and oxygen atoms in total. The second kappa shape index (κ2) is 32.0. The van der Waals surface area contributed by atoms with Gasteiger partial charge < -0.3 is 28.4 Å². The third-order valence-electron chi connectivity index (χ3n) is 10.4. The van der Waals surface area contributed by atoms with Gasteiger partial charge in [-0.2, -0.15) is 0 Å². The molecule has 0 radical (unpaired) electrons. The highest BCUT2D eigenvalue weighted by atomic mass is 16.5. The van der Waals surface area contributed by atoms with E-state index in [1.807, 2.05) is 24.3 Å². The zero-order valence-corrected chi connectivity index (χ0v) is 35.8. The second-order valence-electron chi connectivity index (χ2n) is 15.4. The van der Waals surface area contributed by atoms with E-state index in [1.54, 1.807) is 24.3 Å². The van der Waals surface area contributed by atoms with E-state index in [0.717, 1.165) is 89.4 Å². The van der Waals surface area contributed by atoms with Crippen molar-refractivity contribution in [2.24, 2.45) is 5.92 Å². The summed E-state index contributed by atoms with van der Waals surface area (Å²) in [6.45, 7) is 9.16. The first-order chi connectivity index (χ1) is 29.4. The summed E-state index contributed by atoms with van der Waals surface area (Å²) in [5.74, 6) is 5.06. The van der Waals surface area contributed by atoms with Crippen LogP contribution in [0.4, 0.5) is 0 Å². The second-order valence-corrected chi connectivity index (χ2v) is 15.4. The molecular weight excluding hydrogens is 761 g/mol. The highest BCUT2D eigenvalue weighted by Crippen LogP contribution is 2.29. The Labute approximate surface area is 358 Å². The van der Waals surface area contributed by atoms with Gasteiger partial charge in [0.1, 0.15) is 17.2 Å². The third kappa shape index (κ3) is 23.6. The molecule has 60 heavy (non-hydrogen) atoms. The summed E-state index contributed by atoms with van der Waals surface area (Å²) in [5.41, 5.74) is 0.675. The van der Waals surface area contributed by atoms with Gasteiger partial charge in [0.2, 0.25) is 0 Å². The van der Waals surface area contributed by atoms with Gasteiger partial charge in [0, 0.05) is 30.2 Å². The van der Waals surface area contributed by atoms with Crippen LogP contribution in [0.25, 0.3) is 0 Å². The summed E-state index contributed by atoms with van der Waals surface area (Å²) in [4.78, 5) is 47.2. The van der Waals surface area contributed by atoms with Gasteiger partial charge in [0.05, 0.1) is 31.8 Å². The smallest absolute Gasteiger partial charge is 0.390 e. The van der Waals surface area contributed by atoms with Crippen LogP contribution in [0.2, 0.25) is 0 Å². The van der Waals surface area contributed by atoms with E-state index in [0.29, 0.717) is 36.9 Å². The molecule has 2 aromatic carbocycles. The number of unbranched alkanes of at least 4 members (excludes halogenated alkanes) is 16. The van der Waals surface area contributed by atoms with E-state index in [9.17, 15) is 19.2 Å². The fourth-order valence-electron chi connectivity index (χ4n) is 6.92. The number of hydrogen-bond acceptors (Lipinski definition) is 10. The van der Waals surface area contributed by atoms with E-state index in [-0.39, 0.29) is 29.9 Å². The molecule has 2 aromatic rings. The van der Waals surface area contributed by atoms with Crippen LogP contribution in [-0.4, -0.2) is 56.4 Å². The van der Waals surface area contributed by atoms with Gasteiger partial charge in [0.15, 0.2) is 0 Å². The average Bonchev–Trinajstić information content (AvgIpc) is 3.27. The van der Waals surface area contributed by atoms with Crippen LogP contribution in [0.1, 0.15) is 147 Å². The standard InChI is InChI=1S/C50H68O10/c1-3-47(51)57-39-21-17-13-9-5-7-11-15-19-37-55-43-28-23-41(24-29-43)25-36-49(53)59-45-32-34-46(35-33-45)60-50(54)42-26-30-44(31-27-42)56-38-20-16-12-8-6-10-14-18-22-40-58-48(52)4-2/h3-4,23-24,28-29,32-35,42,44H,1-2,5-22,26-27,30-31,37-40H2/t42-,44-. The molecule has 1 aliphatic carbocycles. The molecule has 0 saturated heterocycles. The van der Waals surface area contributed by atoms with Crippen molar-refractivity contribution in [2.45, 2.75) is 147 Å². The molecule has 0 aliphatic heterocycles. The van der Waals surface area contributed by atoms with Crippen molar-refractivity contribution in [2.75, 3.05) is 26.4 Å². The van der Waals surface area contributed by atoms with Gasteiger partial charge in [-0.3, -0.25) is 4.79 Å². The summed E-state index contributed by atoms with van der Waals surface area (Å²) >= 11 is 0. The Morgan fingerprint density at radius 2 is 0.933 bits per heavy atom. The minimum absolute atomic E-state index is 0.155. The van der Waals surface area contributed by atoms with E-state index >= 15 is 0 Å². The number of carbonyl (C=O) groups is 4. The molecule has 0 aromatic heterocycles. The van der Waals surface area contributed by atoms with Crippen molar-refractivity contribution in [3.05, 3.63) is 79.4 Å². The fraction of sp³-hybridized carbons (Fsp3) is 0.560. The lowest BCUT2D eigenvalue weighted by Gasteiger charge is -2.27. The quantitative estimate of drug-likeness (QED) is 0.0238. The first kappa shape index (κ1) is 49.5. The molecule has 1 fully saturated rings. The molecule has 1 aliphatic rings. The Bertz CT molecular complexity index is 1600. The van der Waals surface area contributed by atoms with Crippen molar-refractivity contribution in [1.82, 2.24) is 0 Å². The zero-order valence-electron chi connectivity index (χ0n) is 35.8. The highest BCUT2D eigenvalue weighted by Gasteiger charge is 2.28. The Kier molecular flexibility index (Phi) is 26.4. The molecule has 3 rings (SSSR count). The van der Waals surface area contributed by atoms with E-state index in [1.165, 1.54) is 76.4 Å². The van der Waals surface area contributed by atoms with Crippen LogP contribution in [0.15, 0.2) is 73.8 Å². The van der Waals surface area contributed by atoms with Crippen molar-refractivity contribution < 1.29 is 47.6 Å². The summed E-state index contributed by atoms with van der Waals surface area (Å²) in [6, 6.07) is 13.7. The van der Waals surface area contributed by atoms with Crippen molar-refractivity contribution in [3.63, 3.8) is 0 Å². The molecule has 0 spiro atoms. The van der Waals surface area contributed by atoms with Crippen molar-refractivity contribution in [3.8, 4) is 29.1 Å². The summed E-state index contributed by atoms with van der Waals surface area (Å²) in [5, 5.41) is 0. The first-order valence-corrected chi connectivity index (χ1v) is 22.3. The van der Waals surface area contributed by atoms with E-state index in [4.69, 9.17) is 28.4 Å². The number of carbonyl (C=O) groups excluding carboxylic acids is 4. The number of ether oxygens (including phenoxy) is 6. The Balaban J connectivity index is 1.17. The minimum Gasteiger partial charge on any atom is -0.494 e. The number of benzene rings is 2. The lowest BCUT2D eigenvalue weighted by molar-refractivity contribution is -0.141. The maximum atomic E-state index is 12.8. The predicted octanol–water partition coefficient (Wildman–Crippen LogP) is 11.0. The molecule has 10 heteroatoms. The van der Waals surface area contributed by atoms with Gasteiger partial charge in [0.25, 0.3) is 0 Å². The van der Waals surface area contributed by atoms with Gasteiger partial charge in [-0.05, 0) is 99.9 Å². The fourth-order valence-corrected chi connectivity index (χ4v) is 6.92. The van der Waals surface area contributed by atoms with Gasteiger partial charge in [-0.25, -0.2) is 14.4 Å². The van der Waals surface area contributed by atoms with Gasteiger partial charge in [-0.15, -0.1) is 0 Å².